The smallest absolute Gasteiger partial charge is 0.303 e. The lowest BCUT2D eigenvalue weighted by atomic mass is 10.2. The minimum Gasteiger partial charge on any atom is -0.481 e. The van der Waals surface area contributed by atoms with Gasteiger partial charge in [0.15, 0.2) is 0 Å². The van der Waals surface area contributed by atoms with Crippen molar-refractivity contribution in [1.29, 1.82) is 0 Å². The molecule has 4 heteroatoms. The van der Waals surface area contributed by atoms with Gasteiger partial charge in [0.2, 0.25) is 0 Å². The number of carboxylic acid groups (broad SMARTS) is 2. The van der Waals surface area contributed by atoms with Crippen LogP contribution < -0.4 is 0 Å². The molecule has 0 radical (unpaired) electrons. The van der Waals surface area contributed by atoms with Crippen molar-refractivity contribution < 1.29 is 19.8 Å². The number of hydrogen-bond donors (Lipinski definition) is 2. The zero-order valence-electron chi connectivity index (χ0n) is 8.11. The van der Waals surface area contributed by atoms with Crippen LogP contribution in [0.3, 0.4) is 0 Å². The summed E-state index contributed by atoms with van der Waals surface area (Å²) < 4.78 is 0. The van der Waals surface area contributed by atoms with E-state index in [1.54, 1.807) is 0 Å². The van der Waals surface area contributed by atoms with E-state index in [1.165, 1.54) is 0 Å². The third-order valence-corrected chi connectivity index (χ3v) is 1.70. The highest BCUT2D eigenvalue weighted by Crippen LogP contribution is 2.01. The Kier molecular flexibility index (Phi) is 7.50. The van der Waals surface area contributed by atoms with E-state index in [4.69, 9.17) is 10.2 Å². The molecule has 0 saturated carbocycles. The first-order chi connectivity index (χ1) is 6.63. The molecule has 0 unspecified atom stereocenters. The van der Waals surface area contributed by atoms with Crippen LogP contribution in [0.2, 0.25) is 0 Å². The van der Waals surface area contributed by atoms with Gasteiger partial charge in [-0.3, -0.25) is 9.59 Å². The van der Waals surface area contributed by atoms with Crippen molar-refractivity contribution in [3.05, 3.63) is 12.2 Å². The molecule has 0 aliphatic rings. The Morgan fingerprint density at radius 2 is 1.43 bits per heavy atom. The highest BCUT2D eigenvalue weighted by Gasteiger charge is 1.94. The SMILES string of the molecule is O=C(O)CCC=CCCCCC(=O)O. The molecule has 0 atom stereocenters. The molecule has 0 heterocycles. The predicted octanol–water partition coefficient (Wildman–Crippen LogP) is 2.05. The number of carbonyl (C=O) groups is 2. The number of rotatable bonds is 8. The molecule has 0 saturated heterocycles. The topological polar surface area (TPSA) is 74.6 Å². The first-order valence-electron chi connectivity index (χ1n) is 4.71. The molecule has 80 valence electrons. The second-order valence-corrected chi connectivity index (χ2v) is 3.04. The van der Waals surface area contributed by atoms with E-state index in [2.05, 4.69) is 0 Å². The van der Waals surface area contributed by atoms with Crippen LogP contribution >= 0.6 is 0 Å². The molecule has 14 heavy (non-hydrogen) atoms. The highest BCUT2D eigenvalue weighted by atomic mass is 16.4. The third kappa shape index (κ3) is 10.7. The van der Waals surface area contributed by atoms with Crippen molar-refractivity contribution in [2.24, 2.45) is 0 Å². The van der Waals surface area contributed by atoms with Crippen LogP contribution in [0.4, 0.5) is 0 Å². The summed E-state index contributed by atoms with van der Waals surface area (Å²) in [5.74, 6) is -1.56. The normalized spacial score (nSPS) is 10.6. The average Bonchev–Trinajstić information content (AvgIpc) is 2.08. The first kappa shape index (κ1) is 12.7. The molecule has 0 aliphatic heterocycles. The van der Waals surface area contributed by atoms with Gasteiger partial charge in [0.25, 0.3) is 0 Å². The second-order valence-electron chi connectivity index (χ2n) is 3.04. The van der Waals surface area contributed by atoms with Crippen molar-refractivity contribution in [3.63, 3.8) is 0 Å². The monoisotopic (exact) mass is 200 g/mol. The Labute approximate surface area is 83.2 Å². The number of carboxylic acids is 2. The van der Waals surface area contributed by atoms with Gasteiger partial charge in [0.05, 0.1) is 0 Å². The molecule has 0 aromatic rings. The third-order valence-electron chi connectivity index (χ3n) is 1.70. The van der Waals surface area contributed by atoms with E-state index in [0.29, 0.717) is 12.8 Å². The van der Waals surface area contributed by atoms with Crippen LogP contribution in [0, 0.1) is 0 Å². The fourth-order valence-corrected chi connectivity index (χ4v) is 0.981. The molecule has 0 fully saturated rings. The maximum Gasteiger partial charge on any atom is 0.303 e. The molecule has 4 nitrogen and oxygen atoms in total. The van der Waals surface area contributed by atoms with Crippen LogP contribution in [0.5, 0.6) is 0 Å². The molecular formula is C10H16O4. The van der Waals surface area contributed by atoms with Gasteiger partial charge in [0.1, 0.15) is 0 Å². The standard InChI is InChI=1S/C10H16O4/c11-9(12)7-5-3-1-2-4-6-8-10(13)14/h1,3H,2,4-8H2,(H,11,12)(H,13,14). The summed E-state index contributed by atoms with van der Waals surface area (Å²) in [6, 6.07) is 0. The molecule has 0 aliphatic carbocycles. The van der Waals surface area contributed by atoms with Crippen molar-refractivity contribution >= 4 is 11.9 Å². The fourth-order valence-electron chi connectivity index (χ4n) is 0.981. The molecule has 0 rings (SSSR count). The number of allylic oxidation sites excluding steroid dienone is 2. The largest absolute Gasteiger partial charge is 0.481 e. The second kappa shape index (κ2) is 8.29. The van der Waals surface area contributed by atoms with E-state index in [-0.39, 0.29) is 12.8 Å². The van der Waals surface area contributed by atoms with Crippen molar-refractivity contribution in [2.75, 3.05) is 0 Å². The van der Waals surface area contributed by atoms with Gasteiger partial charge in [-0.1, -0.05) is 12.2 Å². The summed E-state index contributed by atoms with van der Waals surface area (Å²) >= 11 is 0. The number of unbranched alkanes of at least 4 members (excludes halogenated alkanes) is 2. The summed E-state index contributed by atoms with van der Waals surface area (Å²) in [7, 11) is 0. The summed E-state index contributed by atoms with van der Waals surface area (Å²) in [6.07, 6.45) is 7.00. The van der Waals surface area contributed by atoms with E-state index in [1.807, 2.05) is 12.2 Å². The van der Waals surface area contributed by atoms with E-state index in [9.17, 15) is 9.59 Å². The lowest BCUT2D eigenvalue weighted by Gasteiger charge is -1.93. The Morgan fingerprint density at radius 1 is 0.857 bits per heavy atom. The Hall–Kier alpha value is -1.32. The van der Waals surface area contributed by atoms with Crippen molar-refractivity contribution in [2.45, 2.75) is 38.5 Å². The zero-order chi connectivity index (χ0) is 10.8. The summed E-state index contributed by atoms with van der Waals surface area (Å²) in [5.41, 5.74) is 0. The first-order valence-corrected chi connectivity index (χ1v) is 4.71. The summed E-state index contributed by atoms with van der Waals surface area (Å²) in [6.45, 7) is 0. The van der Waals surface area contributed by atoms with Gasteiger partial charge in [-0.15, -0.1) is 0 Å². The van der Waals surface area contributed by atoms with Crippen molar-refractivity contribution in [3.8, 4) is 0 Å². The quantitative estimate of drug-likeness (QED) is 0.464. The zero-order valence-corrected chi connectivity index (χ0v) is 8.11. The van der Waals surface area contributed by atoms with Crippen LogP contribution in [0.25, 0.3) is 0 Å². The van der Waals surface area contributed by atoms with Crippen LogP contribution in [-0.2, 0) is 9.59 Å². The fraction of sp³-hybridized carbons (Fsp3) is 0.600. The van der Waals surface area contributed by atoms with Crippen LogP contribution in [0.15, 0.2) is 12.2 Å². The average molecular weight is 200 g/mol. The Morgan fingerprint density at radius 3 is 2.00 bits per heavy atom. The van der Waals surface area contributed by atoms with Gasteiger partial charge in [-0.05, 0) is 25.7 Å². The molecule has 0 spiro atoms. The molecule has 0 aromatic heterocycles. The minimum absolute atomic E-state index is 0.158. The summed E-state index contributed by atoms with van der Waals surface area (Å²) in [4.78, 5) is 20.2. The van der Waals surface area contributed by atoms with E-state index < -0.39 is 11.9 Å². The van der Waals surface area contributed by atoms with Gasteiger partial charge in [-0.2, -0.15) is 0 Å². The molecule has 2 N–H and O–H groups in total. The Balaban J connectivity index is 3.19. The van der Waals surface area contributed by atoms with Gasteiger partial charge in [0, 0.05) is 12.8 Å². The van der Waals surface area contributed by atoms with Crippen LogP contribution in [0.1, 0.15) is 38.5 Å². The molecule has 0 amide bonds. The lowest BCUT2D eigenvalue weighted by molar-refractivity contribution is -0.138. The number of aliphatic carboxylic acids is 2. The van der Waals surface area contributed by atoms with Gasteiger partial charge in [-0.25, -0.2) is 0 Å². The minimum atomic E-state index is -0.791. The van der Waals surface area contributed by atoms with Gasteiger partial charge >= 0.3 is 11.9 Å². The molecule has 0 bridgehead atoms. The summed E-state index contributed by atoms with van der Waals surface area (Å²) in [5, 5.41) is 16.6. The van der Waals surface area contributed by atoms with E-state index in [0.717, 1.165) is 12.8 Å². The highest BCUT2D eigenvalue weighted by molar-refractivity contribution is 5.67. The maximum absolute atomic E-state index is 10.1. The molecular weight excluding hydrogens is 184 g/mol. The number of hydrogen-bond acceptors (Lipinski definition) is 2. The predicted molar refractivity (Wildman–Crippen MR) is 52.1 cm³/mol. The van der Waals surface area contributed by atoms with Crippen LogP contribution in [-0.4, -0.2) is 22.2 Å². The van der Waals surface area contributed by atoms with E-state index >= 15 is 0 Å². The lowest BCUT2D eigenvalue weighted by Crippen LogP contribution is -1.93. The van der Waals surface area contributed by atoms with Gasteiger partial charge < -0.3 is 10.2 Å². The molecule has 0 aromatic carbocycles. The van der Waals surface area contributed by atoms with Crippen molar-refractivity contribution in [1.82, 2.24) is 0 Å². The maximum atomic E-state index is 10.1. The Bertz CT molecular complexity index is 208.